The molecule has 1 aliphatic heterocycles. The van der Waals surface area contributed by atoms with Gasteiger partial charge in [-0.2, -0.15) is 18.3 Å². The molecule has 3 fully saturated rings. The molecule has 1 amide bonds. The largest absolute Gasteiger partial charge is 0.466 e. The van der Waals surface area contributed by atoms with Gasteiger partial charge in [-0.25, -0.2) is 0 Å². The molecule has 1 saturated heterocycles. The number of aliphatic hydroxyl groups is 1. The first-order valence-electron chi connectivity index (χ1n) is 15.5. The molecule has 242 valence electrons. The predicted octanol–water partition coefficient (Wildman–Crippen LogP) is 7.43. The van der Waals surface area contributed by atoms with E-state index in [1.165, 1.54) is 17.3 Å². The van der Waals surface area contributed by atoms with Crippen molar-refractivity contribution in [2.45, 2.75) is 102 Å². The van der Waals surface area contributed by atoms with E-state index in [1.807, 2.05) is 0 Å². The van der Waals surface area contributed by atoms with Crippen LogP contribution in [0.5, 0.6) is 0 Å². The Kier molecular flexibility index (Phi) is 9.87. The SMILES string of the molecule is CCOC(=O)C1(C)CCC(n2ncc(C(=O)N3C[C@H](C4CCCCC4)CC3C(O)c3c(Cl)cncc3Cl)c2C(F)(F)F)CC1. The predicted molar refractivity (Wildman–Crippen MR) is 158 cm³/mol. The van der Waals surface area contributed by atoms with Crippen LogP contribution in [0.3, 0.4) is 0 Å². The number of aliphatic hydroxyl groups excluding tert-OH is 1. The maximum atomic E-state index is 14.7. The lowest BCUT2D eigenvalue weighted by atomic mass is 9.74. The number of likely N-dealkylation sites (tertiary alicyclic amines) is 1. The maximum Gasteiger partial charge on any atom is 0.433 e. The number of amides is 1. The topological polar surface area (TPSA) is 97.6 Å². The maximum absolute atomic E-state index is 14.7. The number of pyridine rings is 1. The van der Waals surface area contributed by atoms with Gasteiger partial charge in [-0.15, -0.1) is 0 Å². The van der Waals surface area contributed by atoms with Crippen LogP contribution in [0.25, 0.3) is 0 Å². The summed E-state index contributed by atoms with van der Waals surface area (Å²) in [6.07, 6.45) is 4.36. The highest BCUT2D eigenvalue weighted by molar-refractivity contribution is 6.35. The van der Waals surface area contributed by atoms with Gasteiger partial charge in [0.2, 0.25) is 0 Å². The molecular formula is C31H39Cl2F3N4O4. The zero-order valence-corrected chi connectivity index (χ0v) is 26.5. The fourth-order valence-corrected chi connectivity index (χ4v) is 8.09. The third-order valence-corrected chi connectivity index (χ3v) is 10.6. The van der Waals surface area contributed by atoms with Gasteiger partial charge >= 0.3 is 12.1 Å². The van der Waals surface area contributed by atoms with Crippen LogP contribution in [0.2, 0.25) is 10.0 Å². The second-order valence-corrected chi connectivity index (χ2v) is 13.6. The van der Waals surface area contributed by atoms with E-state index < -0.39 is 46.9 Å². The Morgan fingerprint density at radius 1 is 1.07 bits per heavy atom. The molecule has 44 heavy (non-hydrogen) atoms. The molecule has 1 N–H and O–H groups in total. The monoisotopic (exact) mass is 658 g/mol. The number of carbonyl (C=O) groups is 2. The fraction of sp³-hybridized carbons (Fsp3) is 0.677. The smallest absolute Gasteiger partial charge is 0.433 e. The van der Waals surface area contributed by atoms with Crippen LogP contribution >= 0.6 is 23.2 Å². The molecule has 8 nitrogen and oxygen atoms in total. The summed E-state index contributed by atoms with van der Waals surface area (Å²) in [6, 6.07) is -1.48. The molecule has 13 heteroatoms. The van der Waals surface area contributed by atoms with Crippen LogP contribution in [0.1, 0.15) is 112 Å². The highest BCUT2D eigenvalue weighted by Gasteiger charge is 2.49. The number of rotatable bonds is 7. The quantitative estimate of drug-likeness (QED) is 0.311. The number of aromatic nitrogens is 3. The molecule has 2 aromatic heterocycles. The first-order chi connectivity index (χ1) is 20.9. The minimum Gasteiger partial charge on any atom is -0.466 e. The second-order valence-electron chi connectivity index (χ2n) is 12.7. The first-order valence-corrected chi connectivity index (χ1v) is 16.2. The van der Waals surface area contributed by atoms with Gasteiger partial charge in [-0.1, -0.05) is 55.3 Å². The average Bonchev–Trinajstić information content (AvgIpc) is 3.64. The molecule has 3 atom stereocenters. The summed E-state index contributed by atoms with van der Waals surface area (Å²) in [7, 11) is 0. The highest BCUT2D eigenvalue weighted by Crippen LogP contribution is 2.46. The van der Waals surface area contributed by atoms with Gasteiger partial charge in [0.15, 0.2) is 5.69 Å². The molecule has 0 radical (unpaired) electrons. The van der Waals surface area contributed by atoms with E-state index in [-0.39, 0.29) is 53.5 Å². The lowest BCUT2D eigenvalue weighted by molar-refractivity contribution is -0.157. The van der Waals surface area contributed by atoms with Crippen molar-refractivity contribution in [3.05, 3.63) is 45.5 Å². The molecule has 2 aromatic rings. The summed E-state index contributed by atoms with van der Waals surface area (Å²) in [5.41, 5.74) is -2.24. The Hall–Kier alpha value is -2.37. The molecule has 2 aliphatic carbocycles. The molecule has 0 bridgehead atoms. The van der Waals surface area contributed by atoms with Gasteiger partial charge in [0, 0.05) is 24.5 Å². The number of ether oxygens (including phenoxy) is 1. The number of alkyl halides is 3. The van der Waals surface area contributed by atoms with Crippen LogP contribution in [0, 0.1) is 17.3 Å². The van der Waals surface area contributed by atoms with Gasteiger partial charge in [0.05, 0.1) is 45.9 Å². The highest BCUT2D eigenvalue weighted by atomic mass is 35.5. The standard InChI is InChI=1S/C31H39Cl2F3N4O4/c1-3-44-29(43)30(2)11-9-20(10-12-30)40-27(31(34,35)36)21(14-38-40)28(42)39-17-19(18-7-5-4-6-8-18)13-24(39)26(41)25-22(32)15-37-16-23(25)33/h14-16,18-20,24,26,41H,3-13,17H2,1-2H3/t19-,20?,24?,26?,30?/m1/s1. The average molecular weight is 660 g/mol. The minimum atomic E-state index is -4.86. The fourth-order valence-electron chi connectivity index (χ4n) is 7.50. The molecule has 0 spiro atoms. The van der Waals surface area contributed by atoms with Gasteiger partial charge < -0.3 is 14.7 Å². The Morgan fingerprint density at radius 2 is 1.70 bits per heavy atom. The van der Waals surface area contributed by atoms with Crippen molar-refractivity contribution >= 4 is 35.1 Å². The number of nitrogens with zero attached hydrogens (tertiary/aromatic N) is 4. The van der Waals surface area contributed by atoms with Crippen LogP contribution in [-0.4, -0.2) is 55.8 Å². The Bertz CT molecular complexity index is 1340. The number of esters is 1. The van der Waals surface area contributed by atoms with Crippen molar-refractivity contribution in [2.75, 3.05) is 13.2 Å². The van der Waals surface area contributed by atoms with Crippen LogP contribution in [0.4, 0.5) is 13.2 Å². The molecule has 0 aromatic carbocycles. The van der Waals surface area contributed by atoms with Gasteiger partial charge in [-0.05, 0) is 57.8 Å². The third-order valence-electron chi connectivity index (χ3n) is 9.97. The van der Waals surface area contributed by atoms with E-state index in [0.29, 0.717) is 25.2 Å². The Balaban J connectivity index is 1.46. The minimum absolute atomic E-state index is 0.0153. The van der Waals surface area contributed by atoms with Crippen molar-refractivity contribution in [3.63, 3.8) is 0 Å². The molecule has 3 aliphatic rings. The van der Waals surface area contributed by atoms with Crippen molar-refractivity contribution in [1.29, 1.82) is 0 Å². The number of halogens is 5. The van der Waals surface area contributed by atoms with Gasteiger partial charge in [0.1, 0.15) is 6.10 Å². The second kappa shape index (κ2) is 13.2. The summed E-state index contributed by atoms with van der Waals surface area (Å²) in [4.78, 5) is 31.9. The summed E-state index contributed by atoms with van der Waals surface area (Å²) in [5, 5.41) is 15.9. The van der Waals surface area contributed by atoms with E-state index in [2.05, 4.69) is 10.1 Å². The number of carbonyl (C=O) groups excluding carboxylic acids is 2. The number of hydrogen-bond donors (Lipinski definition) is 1. The van der Waals surface area contributed by atoms with Crippen molar-refractivity contribution in [2.24, 2.45) is 17.3 Å². The van der Waals surface area contributed by atoms with E-state index >= 15 is 0 Å². The van der Waals surface area contributed by atoms with E-state index in [0.717, 1.165) is 43.0 Å². The summed E-state index contributed by atoms with van der Waals surface area (Å²) in [6.45, 7) is 3.93. The van der Waals surface area contributed by atoms with Crippen LogP contribution in [-0.2, 0) is 15.7 Å². The summed E-state index contributed by atoms with van der Waals surface area (Å²) >= 11 is 12.7. The third kappa shape index (κ3) is 6.47. The Morgan fingerprint density at radius 3 is 2.30 bits per heavy atom. The molecule has 2 unspecified atom stereocenters. The normalized spacial score (nSPS) is 27.4. The van der Waals surface area contributed by atoms with Crippen molar-refractivity contribution in [1.82, 2.24) is 19.7 Å². The zero-order valence-electron chi connectivity index (χ0n) is 25.0. The zero-order chi connectivity index (χ0) is 31.8. The molecular weight excluding hydrogens is 620 g/mol. The Labute approximate surface area is 265 Å². The molecule has 3 heterocycles. The number of hydrogen-bond acceptors (Lipinski definition) is 6. The molecule has 2 saturated carbocycles. The van der Waals surface area contributed by atoms with Crippen molar-refractivity contribution in [3.8, 4) is 0 Å². The van der Waals surface area contributed by atoms with Gasteiger partial charge in [-0.3, -0.25) is 19.3 Å². The van der Waals surface area contributed by atoms with E-state index in [9.17, 15) is 27.9 Å². The summed E-state index contributed by atoms with van der Waals surface area (Å²) < 4.78 is 50.3. The first kappa shape index (κ1) is 33.0. The van der Waals surface area contributed by atoms with Crippen molar-refractivity contribution < 1.29 is 32.6 Å². The van der Waals surface area contributed by atoms with Crippen LogP contribution in [0.15, 0.2) is 18.6 Å². The molecule has 5 rings (SSSR count). The van der Waals surface area contributed by atoms with Gasteiger partial charge in [0.25, 0.3) is 5.91 Å². The lowest BCUT2D eigenvalue weighted by Gasteiger charge is -2.36. The summed E-state index contributed by atoms with van der Waals surface area (Å²) in [5.74, 6) is -0.868. The van der Waals surface area contributed by atoms with E-state index in [4.69, 9.17) is 27.9 Å². The lowest BCUT2D eigenvalue weighted by Crippen LogP contribution is -2.40. The van der Waals surface area contributed by atoms with Crippen LogP contribution < -0.4 is 0 Å². The van der Waals surface area contributed by atoms with E-state index in [1.54, 1.807) is 13.8 Å².